The SMILES string of the molecule is CCCS(=O)(=O)Nc1ccc(-c2c(C#N)c3ccc(Oc4nccc(C)n4)cc3n2C2CCC2)cc1. The second-order valence-electron chi connectivity index (χ2n) is 9.05. The summed E-state index contributed by atoms with van der Waals surface area (Å²) >= 11 is 0. The molecule has 1 aliphatic carbocycles. The van der Waals surface area contributed by atoms with E-state index >= 15 is 0 Å². The van der Waals surface area contributed by atoms with Crippen LogP contribution in [0.4, 0.5) is 5.69 Å². The van der Waals surface area contributed by atoms with Crippen LogP contribution in [0.2, 0.25) is 0 Å². The highest BCUT2D eigenvalue weighted by atomic mass is 32.2. The van der Waals surface area contributed by atoms with Crippen LogP contribution in [0.1, 0.15) is 49.9 Å². The Hall–Kier alpha value is -3.90. The lowest BCUT2D eigenvalue weighted by Crippen LogP contribution is -2.18. The van der Waals surface area contributed by atoms with Gasteiger partial charge in [-0.05, 0) is 68.5 Å². The van der Waals surface area contributed by atoms with Gasteiger partial charge in [-0.25, -0.2) is 18.4 Å². The van der Waals surface area contributed by atoms with Crippen LogP contribution in [0, 0.1) is 18.3 Å². The van der Waals surface area contributed by atoms with Crippen molar-refractivity contribution in [3.05, 3.63) is 66.0 Å². The van der Waals surface area contributed by atoms with Gasteiger partial charge in [0.25, 0.3) is 0 Å². The number of fused-ring (bicyclic) bond motifs is 1. The van der Waals surface area contributed by atoms with E-state index in [1.54, 1.807) is 18.3 Å². The molecular formula is C27H27N5O3S. The van der Waals surface area contributed by atoms with Crippen molar-refractivity contribution in [1.29, 1.82) is 5.26 Å². The number of nitrogens with one attached hydrogen (secondary N) is 1. The van der Waals surface area contributed by atoms with Crippen LogP contribution in [0.15, 0.2) is 54.7 Å². The summed E-state index contributed by atoms with van der Waals surface area (Å²) in [5.74, 6) is 0.671. The zero-order valence-corrected chi connectivity index (χ0v) is 21.0. The zero-order chi connectivity index (χ0) is 25.3. The van der Waals surface area contributed by atoms with Crippen LogP contribution in [-0.4, -0.2) is 28.7 Å². The van der Waals surface area contributed by atoms with Crippen LogP contribution in [0.5, 0.6) is 11.8 Å². The number of rotatable bonds is 8. The molecule has 184 valence electrons. The Kier molecular flexibility index (Phi) is 6.37. The molecule has 8 nitrogen and oxygen atoms in total. The number of hydrogen-bond acceptors (Lipinski definition) is 6. The number of nitriles is 1. The number of benzene rings is 2. The summed E-state index contributed by atoms with van der Waals surface area (Å²) in [5.41, 5.74) is 4.53. The third-order valence-corrected chi connectivity index (χ3v) is 7.91. The van der Waals surface area contributed by atoms with Gasteiger partial charge in [0.2, 0.25) is 10.0 Å². The van der Waals surface area contributed by atoms with E-state index in [-0.39, 0.29) is 17.8 Å². The standard InChI is InChI=1S/C27H27N5O3S/c1-3-15-36(33,34)31-20-9-7-19(8-10-20)26-24(17-28)23-12-11-22(35-27-29-14-13-18(2)30-27)16-25(23)32(26)21-5-4-6-21/h7-14,16,21,31H,3-6,15H2,1-2H3. The molecule has 0 amide bonds. The molecule has 9 heteroatoms. The average Bonchev–Trinajstić information content (AvgIpc) is 3.11. The van der Waals surface area contributed by atoms with Crippen molar-refractivity contribution in [3.8, 4) is 29.1 Å². The molecule has 4 aromatic rings. The molecule has 2 heterocycles. The van der Waals surface area contributed by atoms with E-state index in [1.165, 1.54) is 0 Å². The molecule has 36 heavy (non-hydrogen) atoms. The van der Waals surface area contributed by atoms with Crippen LogP contribution in [-0.2, 0) is 10.0 Å². The van der Waals surface area contributed by atoms with E-state index in [4.69, 9.17) is 4.74 Å². The fourth-order valence-electron chi connectivity index (χ4n) is 4.55. The highest BCUT2D eigenvalue weighted by molar-refractivity contribution is 7.92. The number of anilines is 1. The summed E-state index contributed by atoms with van der Waals surface area (Å²) in [4.78, 5) is 8.51. The number of aromatic nitrogens is 3. The first-order valence-corrected chi connectivity index (χ1v) is 13.7. The van der Waals surface area contributed by atoms with Crippen LogP contribution >= 0.6 is 0 Å². The van der Waals surface area contributed by atoms with Gasteiger partial charge >= 0.3 is 6.01 Å². The minimum atomic E-state index is -3.38. The predicted octanol–water partition coefficient (Wildman–Crippen LogP) is 5.95. The summed E-state index contributed by atoms with van der Waals surface area (Å²) in [6.45, 7) is 3.71. The van der Waals surface area contributed by atoms with Crippen molar-refractivity contribution >= 4 is 26.6 Å². The molecule has 0 saturated heterocycles. The van der Waals surface area contributed by atoms with Gasteiger partial charge in [-0.15, -0.1) is 0 Å². The smallest absolute Gasteiger partial charge is 0.322 e. The summed E-state index contributed by atoms with van der Waals surface area (Å²) in [5, 5.41) is 11.0. The highest BCUT2D eigenvalue weighted by Crippen LogP contribution is 2.43. The third kappa shape index (κ3) is 4.64. The summed E-state index contributed by atoms with van der Waals surface area (Å²) in [6, 6.07) is 17.7. The second-order valence-corrected chi connectivity index (χ2v) is 10.9. The molecule has 1 saturated carbocycles. The number of aryl methyl sites for hydroxylation is 1. The largest absolute Gasteiger partial charge is 0.424 e. The Balaban J connectivity index is 1.58. The first-order valence-electron chi connectivity index (χ1n) is 12.0. The van der Waals surface area contributed by atoms with Crippen molar-refractivity contribution in [2.75, 3.05) is 10.5 Å². The van der Waals surface area contributed by atoms with E-state index in [0.29, 0.717) is 23.4 Å². The lowest BCUT2D eigenvalue weighted by atomic mass is 9.92. The van der Waals surface area contributed by atoms with Crippen molar-refractivity contribution in [1.82, 2.24) is 14.5 Å². The first kappa shape index (κ1) is 23.8. The maximum Gasteiger partial charge on any atom is 0.322 e. The Bertz CT molecular complexity index is 1570. The Morgan fingerprint density at radius 2 is 1.94 bits per heavy atom. The van der Waals surface area contributed by atoms with E-state index < -0.39 is 10.0 Å². The van der Waals surface area contributed by atoms with E-state index in [0.717, 1.165) is 47.1 Å². The monoisotopic (exact) mass is 501 g/mol. The van der Waals surface area contributed by atoms with Gasteiger partial charge in [-0.2, -0.15) is 5.26 Å². The first-order chi connectivity index (χ1) is 17.4. The topological polar surface area (TPSA) is 110 Å². The zero-order valence-electron chi connectivity index (χ0n) is 20.2. The molecule has 0 bridgehead atoms. The van der Waals surface area contributed by atoms with E-state index in [1.807, 2.05) is 50.2 Å². The molecule has 5 rings (SSSR count). The van der Waals surface area contributed by atoms with Gasteiger partial charge in [-0.3, -0.25) is 4.72 Å². The molecule has 1 N–H and O–H groups in total. The summed E-state index contributed by atoms with van der Waals surface area (Å²) in [7, 11) is -3.38. The minimum absolute atomic E-state index is 0.0707. The van der Waals surface area contributed by atoms with Crippen LogP contribution in [0.3, 0.4) is 0 Å². The molecule has 2 aromatic carbocycles. The highest BCUT2D eigenvalue weighted by Gasteiger charge is 2.28. The van der Waals surface area contributed by atoms with Crippen LogP contribution in [0.25, 0.3) is 22.2 Å². The number of ether oxygens (including phenoxy) is 1. The molecule has 1 fully saturated rings. The van der Waals surface area contributed by atoms with Gasteiger partial charge in [0.1, 0.15) is 11.8 Å². The lowest BCUT2D eigenvalue weighted by molar-refractivity contribution is 0.324. The maximum atomic E-state index is 12.2. The second kappa shape index (κ2) is 9.63. The van der Waals surface area contributed by atoms with Crippen molar-refractivity contribution in [3.63, 3.8) is 0 Å². The molecule has 0 atom stereocenters. The minimum Gasteiger partial charge on any atom is -0.424 e. The number of sulfonamides is 1. The molecule has 0 aliphatic heterocycles. The average molecular weight is 502 g/mol. The Morgan fingerprint density at radius 1 is 1.17 bits per heavy atom. The summed E-state index contributed by atoms with van der Waals surface area (Å²) < 4.78 is 35.1. The van der Waals surface area contributed by atoms with Gasteiger partial charge in [0, 0.05) is 35.1 Å². The Morgan fingerprint density at radius 3 is 2.58 bits per heavy atom. The van der Waals surface area contributed by atoms with Crippen molar-refractivity contribution in [2.45, 2.75) is 45.6 Å². The Labute approximate surface area is 210 Å². The molecular weight excluding hydrogens is 474 g/mol. The van der Waals surface area contributed by atoms with Crippen molar-refractivity contribution < 1.29 is 13.2 Å². The number of nitrogens with zero attached hydrogens (tertiary/aromatic N) is 4. The molecule has 0 spiro atoms. The van der Waals surface area contributed by atoms with E-state index in [2.05, 4.69) is 25.3 Å². The molecule has 2 aromatic heterocycles. The van der Waals surface area contributed by atoms with Gasteiger partial charge < -0.3 is 9.30 Å². The van der Waals surface area contributed by atoms with Gasteiger partial charge in [0.15, 0.2) is 0 Å². The predicted molar refractivity (Wildman–Crippen MR) is 140 cm³/mol. The lowest BCUT2D eigenvalue weighted by Gasteiger charge is -2.30. The van der Waals surface area contributed by atoms with E-state index in [9.17, 15) is 13.7 Å². The van der Waals surface area contributed by atoms with Crippen molar-refractivity contribution in [2.24, 2.45) is 0 Å². The fraction of sp³-hybridized carbons (Fsp3) is 0.296. The number of hydrogen-bond donors (Lipinski definition) is 1. The normalized spacial score (nSPS) is 13.8. The van der Waals surface area contributed by atoms with Gasteiger partial charge in [0.05, 0.1) is 22.5 Å². The molecule has 0 radical (unpaired) electrons. The summed E-state index contributed by atoms with van der Waals surface area (Å²) in [6.07, 6.45) is 5.40. The molecule has 1 aliphatic rings. The third-order valence-electron chi connectivity index (χ3n) is 6.41. The van der Waals surface area contributed by atoms with Gasteiger partial charge in [-0.1, -0.05) is 19.1 Å². The maximum absolute atomic E-state index is 12.2. The fourth-order valence-corrected chi connectivity index (χ4v) is 5.69. The van der Waals surface area contributed by atoms with Crippen LogP contribution < -0.4 is 9.46 Å². The quantitative estimate of drug-likeness (QED) is 0.320. The molecule has 0 unspecified atom stereocenters.